The van der Waals surface area contributed by atoms with E-state index in [1.54, 1.807) is 6.07 Å². The summed E-state index contributed by atoms with van der Waals surface area (Å²) in [5.41, 5.74) is 0.848. The van der Waals surface area contributed by atoms with E-state index in [-0.39, 0.29) is 16.3 Å². The lowest BCUT2D eigenvalue weighted by atomic mass is 9.86. The van der Waals surface area contributed by atoms with Gasteiger partial charge in [-0.15, -0.1) is 0 Å². The van der Waals surface area contributed by atoms with Gasteiger partial charge < -0.3 is 9.63 Å². The van der Waals surface area contributed by atoms with Crippen LogP contribution in [0.1, 0.15) is 43.8 Å². The summed E-state index contributed by atoms with van der Waals surface area (Å²) >= 11 is 5.83. The van der Waals surface area contributed by atoms with E-state index in [0.29, 0.717) is 16.9 Å². The maximum Gasteiger partial charge on any atom is 0.148 e. The van der Waals surface area contributed by atoms with Crippen molar-refractivity contribution in [2.75, 3.05) is 0 Å². The third-order valence-corrected chi connectivity index (χ3v) is 4.00. The monoisotopic (exact) mass is 361 g/mol. The predicted molar refractivity (Wildman–Crippen MR) is 91.7 cm³/mol. The molecule has 25 heavy (non-hydrogen) atoms. The van der Waals surface area contributed by atoms with E-state index < -0.39 is 17.3 Å². The zero-order valence-electron chi connectivity index (χ0n) is 14.0. The Labute approximate surface area is 149 Å². The topological polar surface area (TPSA) is 72.0 Å². The molecule has 1 atom stereocenters. The Kier molecular flexibility index (Phi) is 4.58. The van der Waals surface area contributed by atoms with Gasteiger partial charge in [-0.05, 0) is 18.2 Å². The molecule has 1 aromatic carbocycles. The minimum atomic E-state index is -1.10. The van der Waals surface area contributed by atoms with Crippen molar-refractivity contribution in [1.29, 1.82) is 0 Å². The van der Waals surface area contributed by atoms with Crippen LogP contribution in [0.25, 0.3) is 11.3 Å². The van der Waals surface area contributed by atoms with Crippen LogP contribution in [0.4, 0.5) is 4.39 Å². The van der Waals surface area contributed by atoms with E-state index in [2.05, 4.69) is 15.1 Å². The molecule has 0 radical (unpaired) electrons. The van der Waals surface area contributed by atoms with Crippen LogP contribution in [0.2, 0.25) is 5.02 Å². The molecule has 0 bridgehead atoms. The van der Waals surface area contributed by atoms with Crippen LogP contribution in [-0.2, 0) is 5.41 Å². The maximum absolute atomic E-state index is 14.4. The minimum absolute atomic E-state index is 0.203. The Morgan fingerprint density at radius 1 is 1.20 bits per heavy atom. The zero-order valence-corrected chi connectivity index (χ0v) is 14.8. The van der Waals surface area contributed by atoms with Gasteiger partial charge in [-0.3, -0.25) is 0 Å². The molecule has 0 aliphatic rings. The van der Waals surface area contributed by atoms with Crippen LogP contribution in [0.15, 0.2) is 41.4 Å². The fourth-order valence-corrected chi connectivity index (χ4v) is 2.74. The van der Waals surface area contributed by atoms with Crippen molar-refractivity contribution in [3.8, 4) is 11.3 Å². The highest BCUT2D eigenvalue weighted by Gasteiger charge is 2.33. The largest absolute Gasteiger partial charge is 0.383 e. The second-order valence-corrected chi connectivity index (χ2v) is 7.16. The van der Waals surface area contributed by atoms with Crippen LogP contribution >= 0.6 is 11.6 Å². The molecule has 0 aliphatic heterocycles. The van der Waals surface area contributed by atoms with Crippen LogP contribution in [0.3, 0.4) is 0 Å². The number of aliphatic hydroxyl groups is 1. The molecule has 0 aliphatic carbocycles. The van der Waals surface area contributed by atoms with Crippen molar-refractivity contribution >= 4 is 11.6 Å². The molecule has 7 heteroatoms. The zero-order chi connectivity index (χ0) is 18.2. The number of hydrogen-bond acceptors (Lipinski definition) is 5. The van der Waals surface area contributed by atoms with Crippen molar-refractivity contribution in [3.05, 3.63) is 64.6 Å². The Morgan fingerprint density at radius 2 is 1.88 bits per heavy atom. The highest BCUT2D eigenvalue weighted by atomic mass is 35.5. The highest BCUT2D eigenvalue weighted by Crippen LogP contribution is 2.40. The van der Waals surface area contributed by atoms with E-state index in [1.165, 1.54) is 30.9 Å². The lowest BCUT2D eigenvalue weighted by Crippen LogP contribution is -2.15. The molecule has 3 rings (SSSR count). The number of hydrogen-bond donors (Lipinski definition) is 1. The summed E-state index contributed by atoms with van der Waals surface area (Å²) in [4.78, 5) is 7.85. The summed E-state index contributed by atoms with van der Waals surface area (Å²) in [6.45, 7) is 5.77. The first-order chi connectivity index (χ1) is 11.8. The smallest absolute Gasteiger partial charge is 0.148 e. The van der Waals surface area contributed by atoms with E-state index >= 15 is 0 Å². The predicted octanol–water partition coefficient (Wildman–Crippen LogP) is 4.30. The molecule has 3 aromatic rings. The van der Waals surface area contributed by atoms with E-state index in [0.717, 1.165) is 0 Å². The van der Waals surface area contributed by atoms with E-state index in [1.807, 2.05) is 20.8 Å². The fraction of sp³-hybridized carbons (Fsp3) is 0.278. The van der Waals surface area contributed by atoms with Gasteiger partial charge >= 0.3 is 0 Å². The second kappa shape index (κ2) is 6.54. The molecule has 1 unspecified atom stereocenters. The first-order valence-corrected chi connectivity index (χ1v) is 8.05. The summed E-state index contributed by atoms with van der Waals surface area (Å²) in [6, 6.07) is 4.27. The molecule has 5 nitrogen and oxygen atoms in total. The van der Waals surface area contributed by atoms with Crippen molar-refractivity contribution < 1.29 is 14.0 Å². The average molecular weight is 362 g/mol. The van der Waals surface area contributed by atoms with E-state index in [4.69, 9.17) is 16.1 Å². The van der Waals surface area contributed by atoms with Crippen molar-refractivity contribution in [1.82, 2.24) is 15.1 Å². The molecular formula is C18H17ClFN3O2. The average Bonchev–Trinajstić information content (AvgIpc) is 3.00. The summed E-state index contributed by atoms with van der Waals surface area (Å²) in [7, 11) is 0. The normalized spacial score (nSPS) is 13.0. The Morgan fingerprint density at radius 3 is 2.48 bits per heavy atom. The van der Waals surface area contributed by atoms with Gasteiger partial charge in [0.25, 0.3) is 0 Å². The number of nitrogens with zero attached hydrogens (tertiary/aromatic N) is 3. The Balaban J connectivity index is 2.22. The molecule has 2 heterocycles. The van der Waals surface area contributed by atoms with Gasteiger partial charge in [0.2, 0.25) is 0 Å². The van der Waals surface area contributed by atoms with Gasteiger partial charge in [-0.25, -0.2) is 14.4 Å². The Hall–Kier alpha value is -2.31. The molecule has 0 fully saturated rings. The second-order valence-electron chi connectivity index (χ2n) is 6.72. The highest BCUT2D eigenvalue weighted by molar-refractivity contribution is 6.30. The third kappa shape index (κ3) is 3.41. The maximum atomic E-state index is 14.4. The van der Waals surface area contributed by atoms with Crippen molar-refractivity contribution in [2.45, 2.75) is 32.3 Å². The van der Waals surface area contributed by atoms with E-state index in [9.17, 15) is 9.50 Å². The standard InChI is InChI=1S/C18H17ClFN3O2/c1-18(2,3)17-14(16(24)10-7-21-9-22-8-10)15(23-25-17)12-5-4-11(19)6-13(12)20/h4-9,16,24H,1-3H3. The fourth-order valence-electron chi connectivity index (χ4n) is 2.59. The summed E-state index contributed by atoms with van der Waals surface area (Å²) in [6.07, 6.45) is 3.26. The van der Waals surface area contributed by atoms with Crippen molar-refractivity contribution in [3.63, 3.8) is 0 Å². The molecule has 0 amide bonds. The van der Waals surface area contributed by atoms with Gasteiger partial charge in [-0.1, -0.05) is 37.5 Å². The van der Waals surface area contributed by atoms with Crippen molar-refractivity contribution in [2.24, 2.45) is 0 Å². The van der Waals surface area contributed by atoms with Gasteiger partial charge in [0.15, 0.2) is 0 Å². The summed E-state index contributed by atoms with van der Waals surface area (Å²) in [5, 5.41) is 15.2. The minimum Gasteiger partial charge on any atom is -0.383 e. The SMILES string of the molecule is CC(C)(C)c1onc(-c2ccc(Cl)cc2F)c1C(O)c1cncnc1. The molecule has 2 aromatic heterocycles. The number of aliphatic hydroxyl groups excluding tert-OH is 1. The lowest BCUT2D eigenvalue weighted by Gasteiger charge is -2.19. The van der Waals surface area contributed by atoms with Gasteiger partial charge in [0.1, 0.15) is 29.7 Å². The first kappa shape index (κ1) is 17.5. The molecule has 0 saturated heterocycles. The molecular weight excluding hydrogens is 345 g/mol. The summed E-state index contributed by atoms with van der Waals surface area (Å²) in [5.74, 6) is -0.0766. The van der Waals surface area contributed by atoms with Crippen LogP contribution in [0.5, 0.6) is 0 Å². The van der Waals surface area contributed by atoms with Gasteiger partial charge in [0.05, 0.1) is 5.56 Å². The number of rotatable bonds is 3. The summed E-state index contributed by atoms with van der Waals surface area (Å²) < 4.78 is 19.9. The number of halogens is 2. The molecule has 0 spiro atoms. The number of benzene rings is 1. The van der Waals surface area contributed by atoms with Gasteiger partial charge in [0, 0.05) is 34.0 Å². The Bertz CT molecular complexity index is 891. The molecule has 1 N–H and O–H groups in total. The van der Waals surface area contributed by atoms with Crippen LogP contribution < -0.4 is 0 Å². The van der Waals surface area contributed by atoms with Crippen LogP contribution in [-0.4, -0.2) is 20.2 Å². The number of aromatic nitrogens is 3. The molecule has 130 valence electrons. The van der Waals surface area contributed by atoms with Crippen LogP contribution in [0, 0.1) is 5.82 Å². The quantitative estimate of drug-likeness (QED) is 0.752. The molecule has 0 saturated carbocycles. The lowest BCUT2D eigenvalue weighted by molar-refractivity contribution is 0.212. The first-order valence-electron chi connectivity index (χ1n) is 7.67. The van der Waals surface area contributed by atoms with Gasteiger partial charge in [-0.2, -0.15) is 0 Å². The third-order valence-electron chi connectivity index (χ3n) is 3.77.